The van der Waals surface area contributed by atoms with Crippen molar-refractivity contribution in [2.24, 2.45) is 0 Å². The van der Waals surface area contributed by atoms with E-state index in [1.807, 2.05) is 19.1 Å². The van der Waals surface area contributed by atoms with Gasteiger partial charge in [-0.3, -0.25) is 25.2 Å². The molecule has 0 bridgehead atoms. The number of benzene rings is 4. The average molecular weight is 610 g/mol. The van der Waals surface area contributed by atoms with E-state index in [0.29, 0.717) is 34.1 Å². The number of rotatable bonds is 10. The molecule has 0 aliphatic heterocycles. The molecule has 45 heavy (non-hydrogen) atoms. The van der Waals surface area contributed by atoms with E-state index in [1.54, 1.807) is 48.5 Å². The van der Waals surface area contributed by atoms with Crippen LogP contribution in [0.3, 0.4) is 0 Å². The summed E-state index contributed by atoms with van der Waals surface area (Å²) in [7, 11) is 4.37. The Labute approximate surface area is 259 Å². The van der Waals surface area contributed by atoms with Gasteiger partial charge in [0, 0.05) is 28.5 Å². The van der Waals surface area contributed by atoms with Crippen LogP contribution in [0.5, 0.6) is 23.0 Å². The normalized spacial score (nSPS) is 10.5. The summed E-state index contributed by atoms with van der Waals surface area (Å²) in [6.45, 7) is 1.92. The van der Waals surface area contributed by atoms with Gasteiger partial charge in [0.05, 0.1) is 26.9 Å². The second kappa shape index (κ2) is 14.9. The molecule has 0 saturated carbocycles. The van der Waals surface area contributed by atoms with Crippen LogP contribution in [0.25, 0.3) is 6.08 Å². The molecule has 0 spiro atoms. The number of hydrazine groups is 1. The van der Waals surface area contributed by atoms with E-state index >= 15 is 0 Å². The standard InChI is InChI=1S/C34H31N3O8/c1-21-9-11-24(12-10-21)34(41)45-27-8-6-5-7-22(27)15-18-30(38)36-37-33(40)23-13-16-26(17-14-23)35-32(39)25-19-28(42-2)31(44-4)29(20-25)43-3/h5-20H,1-4H3,(H,35,39)(H,36,38)(H,37,40)/b18-15+. The third kappa shape index (κ3) is 8.26. The number of methoxy groups -OCH3 is 3. The molecule has 230 valence electrons. The van der Waals surface area contributed by atoms with Crippen molar-refractivity contribution >= 4 is 35.5 Å². The molecule has 4 aromatic rings. The molecule has 0 heterocycles. The number of anilines is 1. The van der Waals surface area contributed by atoms with Crippen molar-refractivity contribution in [1.29, 1.82) is 0 Å². The zero-order chi connectivity index (χ0) is 32.3. The number of carbonyl (C=O) groups excluding carboxylic acids is 4. The molecule has 3 N–H and O–H groups in total. The summed E-state index contributed by atoms with van der Waals surface area (Å²) in [6, 6.07) is 22.8. The van der Waals surface area contributed by atoms with Crippen molar-refractivity contribution in [3.63, 3.8) is 0 Å². The minimum absolute atomic E-state index is 0.235. The van der Waals surface area contributed by atoms with Gasteiger partial charge in [0.2, 0.25) is 5.75 Å². The maximum Gasteiger partial charge on any atom is 0.343 e. The van der Waals surface area contributed by atoms with Gasteiger partial charge in [-0.15, -0.1) is 0 Å². The predicted molar refractivity (Wildman–Crippen MR) is 168 cm³/mol. The summed E-state index contributed by atoms with van der Waals surface area (Å²) in [5.74, 6) is -0.860. The number of hydrogen-bond acceptors (Lipinski definition) is 8. The number of amides is 3. The number of esters is 1. The SMILES string of the molecule is COc1cc(C(=O)Nc2ccc(C(=O)NNC(=O)/C=C/c3ccccc3OC(=O)c3ccc(C)cc3)cc2)cc(OC)c1OC. The van der Waals surface area contributed by atoms with E-state index in [9.17, 15) is 19.2 Å². The van der Waals surface area contributed by atoms with Crippen LogP contribution in [0.4, 0.5) is 5.69 Å². The summed E-state index contributed by atoms with van der Waals surface area (Å²) in [4.78, 5) is 50.3. The summed E-state index contributed by atoms with van der Waals surface area (Å²) in [6.07, 6.45) is 2.66. The first-order chi connectivity index (χ1) is 21.7. The molecule has 0 aliphatic carbocycles. The Kier molecular flexibility index (Phi) is 10.5. The van der Waals surface area contributed by atoms with Crippen LogP contribution < -0.4 is 35.1 Å². The molecule has 4 aromatic carbocycles. The van der Waals surface area contributed by atoms with Gasteiger partial charge >= 0.3 is 5.97 Å². The lowest BCUT2D eigenvalue weighted by atomic mass is 10.1. The number of para-hydroxylation sites is 1. The van der Waals surface area contributed by atoms with Gasteiger partial charge in [-0.2, -0.15) is 0 Å². The molecule has 0 unspecified atom stereocenters. The average Bonchev–Trinajstić information content (AvgIpc) is 3.06. The van der Waals surface area contributed by atoms with E-state index in [0.717, 1.165) is 5.56 Å². The second-order valence-electron chi connectivity index (χ2n) is 9.52. The third-order valence-electron chi connectivity index (χ3n) is 6.45. The van der Waals surface area contributed by atoms with E-state index in [2.05, 4.69) is 16.2 Å². The van der Waals surface area contributed by atoms with E-state index in [4.69, 9.17) is 18.9 Å². The highest BCUT2D eigenvalue weighted by Gasteiger charge is 2.17. The van der Waals surface area contributed by atoms with Crippen molar-refractivity contribution in [3.8, 4) is 23.0 Å². The van der Waals surface area contributed by atoms with Crippen molar-refractivity contribution in [2.45, 2.75) is 6.92 Å². The lowest BCUT2D eigenvalue weighted by Crippen LogP contribution is -2.40. The number of ether oxygens (including phenoxy) is 4. The molecule has 3 amide bonds. The van der Waals surface area contributed by atoms with Crippen LogP contribution in [0, 0.1) is 6.92 Å². The van der Waals surface area contributed by atoms with Crippen molar-refractivity contribution in [2.75, 3.05) is 26.6 Å². The van der Waals surface area contributed by atoms with Crippen molar-refractivity contribution in [3.05, 3.63) is 119 Å². The lowest BCUT2D eigenvalue weighted by molar-refractivity contribution is -0.117. The molecule has 11 heteroatoms. The molecule has 11 nitrogen and oxygen atoms in total. The fourth-order valence-electron chi connectivity index (χ4n) is 4.08. The largest absolute Gasteiger partial charge is 0.493 e. The van der Waals surface area contributed by atoms with Crippen LogP contribution in [-0.2, 0) is 4.79 Å². The predicted octanol–water partition coefficient (Wildman–Crippen LogP) is 4.97. The van der Waals surface area contributed by atoms with Gasteiger partial charge in [-0.25, -0.2) is 4.79 Å². The monoisotopic (exact) mass is 609 g/mol. The van der Waals surface area contributed by atoms with E-state index in [1.165, 1.54) is 57.7 Å². The Hall–Kier alpha value is -6.10. The minimum Gasteiger partial charge on any atom is -0.493 e. The molecular formula is C34H31N3O8. The Morgan fingerprint density at radius 1 is 0.644 bits per heavy atom. The highest BCUT2D eigenvalue weighted by molar-refractivity contribution is 6.05. The minimum atomic E-state index is -0.614. The highest BCUT2D eigenvalue weighted by Crippen LogP contribution is 2.38. The van der Waals surface area contributed by atoms with Gasteiger partial charge in [-0.05, 0) is 67.6 Å². The molecular weight excluding hydrogens is 578 g/mol. The highest BCUT2D eigenvalue weighted by atomic mass is 16.5. The summed E-state index contributed by atoms with van der Waals surface area (Å²) >= 11 is 0. The van der Waals surface area contributed by atoms with E-state index < -0.39 is 23.7 Å². The smallest absolute Gasteiger partial charge is 0.343 e. The van der Waals surface area contributed by atoms with E-state index in [-0.39, 0.29) is 16.9 Å². The van der Waals surface area contributed by atoms with Crippen LogP contribution in [0.1, 0.15) is 42.2 Å². The molecule has 0 aliphatic rings. The first-order valence-corrected chi connectivity index (χ1v) is 13.6. The molecule has 0 aromatic heterocycles. The zero-order valence-corrected chi connectivity index (χ0v) is 25.0. The number of aryl methyl sites for hydroxylation is 1. The maximum atomic E-state index is 12.8. The maximum absolute atomic E-state index is 12.8. The van der Waals surface area contributed by atoms with Crippen LogP contribution in [0.15, 0.2) is 91.0 Å². The topological polar surface area (TPSA) is 141 Å². The lowest BCUT2D eigenvalue weighted by Gasteiger charge is -2.14. The molecule has 0 fully saturated rings. The molecule has 0 atom stereocenters. The summed E-state index contributed by atoms with van der Waals surface area (Å²) < 4.78 is 21.4. The van der Waals surface area contributed by atoms with Gasteiger partial charge in [0.15, 0.2) is 11.5 Å². The quantitative estimate of drug-likeness (QED) is 0.0991. The zero-order valence-electron chi connectivity index (χ0n) is 25.0. The van der Waals surface area contributed by atoms with Crippen molar-refractivity contribution in [1.82, 2.24) is 10.9 Å². The fourth-order valence-corrected chi connectivity index (χ4v) is 4.08. The number of nitrogens with one attached hydrogen (secondary N) is 3. The van der Waals surface area contributed by atoms with Crippen molar-refractivity contribution < 1.29 is 38.1 Å². The number of carbonyl (C=O) groups is 4. The fraction of sp³-hybridized carbons (Fsp3) is 0.118. The molecule has 0 radical (unpaired) electrons. The van der Waals surface area contributed by atoms with Gasteiger partial charge < -0.3 is 24.3 Å². The number of hydrogen-bond donors (Lipinski definition) is 3. The van der Waals surface area contributed by atoms with Gasteiger partial charge in [0.1, 0.15) is 5.75 Å². The Bertz CT molecular complexity index is 1710. The molecule has 4 rings (SSSR count). The summed E-state index contributed by atoms with van der Waals surface area (Å²) in [5, 5.41) is 2.74. The second-order valence-corrected chi connectivity index (χ2v) is 9.52. The van der Waals surface area contributed by atoms with Crippen LogP contribution in [-0.4, -0.2) is 45.0 Å². The van der Waals surface area contributed by atoms with Gasteiger partial charge in [-0.1, -0.05) is 35.9 Å². The van der Waals surface area contributed by atoms with Crippen LogP contribution in [0.2, 0.25) is 0 Å². The molecule has 0 saturated heterocycles. The first-order valence-electron chi connectivity index (χ1n) is 13.6. The van der Waals surface area contributed by atoms with Crippen LogP contribution >= 0.6 is 0 Å². The first kappa shape index (κ1) is 31.8. The summed E-state index contributed by atoms with van der Waals surface area (Å²) in [5.41, 5.74) is 7.47. The van der Waals surface area contributed by atoms with Gasteiger partial charge in [0.25, 0.3) is 17.7 Å². The Morgan fingerprint density at radius 2 is 1.27 bits per heavy atom. The Balaban J connectivity index is 1.32. The third-order valence-corrected chi connectivity index (χ3v) is 6.45. The Morgan fingerprint density at radius 3 is 1.89 bits per heavy atom.